The molecule has 5 fully saturated rings. The molecule has 58 heavy (non-hydrogen) atoms. The Morgan fingerprint density at radius 1 is 0.845 bits per heavy atom. The molecule has 4 saturated carbocycles. The number of piperazine rings is 1. The number of hydrogen-bond acceptors (Lipinski definition) is 5. The summed E-state index contributed by atoms with van der Waals surface area (Å²) in [6.45, 7) is 26.5. The maximum atomic E-state index is 13.5. The summed E-state index contributed by atoms with van der Waals surface area (Å²) in [4.78, 5) is 14.5. The van der Waals surface area contributed by atoms with E-state index in [9.17, 15) is 18.3 Å². The number of allylic oxidation sites excluding steroid dienone is 3. The Morgan fingerprint density at radius 3 is 2.17 bits per heavy atom. The first-order valence-electron chi connectivity index (χ1n) is 22.7. The van der Waals surface area contributed by atoms with E-state index in [1.807, 2.05) is 24.3 Å². The van der Waals surface area contributed by atoms with Gasteiger partial charge in [0, 0.05) is 44.8 Å². The van der Waals surface area contributed by atoms with Crippen molar-refractivity contribution < 1.29 is 18.3 Å². The van der Waals surface area contributed by atoms with E-state index < -0.39 is 16.0 Å². The number of hydrogen-bond donors (Lipinski definition) is 2. The van der Waals surface area contributed by atoms with Gasteiger partial charge in [-0.3, -0.25) is 4.90 Å². The normalized spacial score (nSPS) is 37.5. The molecule has 0 bridgehead atoms. The number of aromatic carboxylic acids is 1. The largest absolute Gasteiger partial charge is 0.478 e. The summed E-state index contributed by atoms with van der Waals surface area (Å²) in [6, 6.07) is 15.0. The second-order valence-corrected chi connectivity index (χ2v) is 22.9. The van der Waals surface area contributed by atoms with E-state index in [-0.39, 0.29) is 27.2 Å². The van der Waals surface area contributed by atoms with Gasteiger partial charge in [-0.05, 0) is 163 Å². The van der Waals surface area contributed by atoms with Gasteiger partial charge in [0.05, 0.1) is 10.5 Å². The van der Waals surface area contributed by atoms with Crippen molar-refractivity contribution in [2.24, 2.45) is 51.2 Å². The summed E-state index contributed by atoms with van der Waals surface area (Å²) in [5.41, 5.74) is 6.31. The second kappa shape index (κ2) is 15.0. The molecule has 0 aromatic heterocycles. The van der Waals surface area contributed by atoms with Gasteiger partial charge < -0.3 is 10.4 Å². The third-order valence-corrected chi connectivity index (χ3v) is 20.2. The van der Waals surface area contributed by atoms with E-state index in [1.54, 1.807) is 28.6 Å². The summed E-state index contributed by atoms with van der Waals surface area (Å²) >= 11 is 0. The van der Waals surface area contributed by atoms with E-state index >= 15 is 0 Å². The summed E-state index contributed by atoms with van der Waals surface area (Å²) in [5, 5.41) is 13.8. The molecule has 8 heteroatoms. The van der Waals surface area contributed by atoms with Crippen LogP contribution in [0.25, 0.3) is 5.57 Å². The molecule has 1 aliphatic heterocycles. The van der Waals surface area contributed by atoms with Crippen LogP contribution >= 0.6 is 0 Å². The van der Waals surface area contributed by atoms with Crippen LogP contribution in [-0.4, -0.2) is 73.5 Å². The number of aryl methyl sites for hydroxylation is 1. The van der Waals surface area contributed by atoms with Crippen LogP contribution in [0.15, 0.2) is 71.7 Å². The SMILES string of the molecule is C=C(C)[C@@H]1CC[C@]2(NCCN3CCN(S(=O)(=O)c4ccc(CC)cc4)CC3)CC[C@]3(C)[C@H](CC[C@@H]4[C@@]5(C)CC=C(c6ccc(C(=O)O)cc6)C(C)(C)[C@@H]5CC[C@]43C)[C@@H]12. The van der Waals surface area contributed by atoms with Gasteiger partial charge >= 0.3 is 5.97 Å². The molecule has 7 nitrogen and oxygen atoms in total. The molecule has 5 aliphatic carbocycles. The highest BCUT2D eigenvalue weighted by Gasteiger charge is 2.70. The second-order valence-electron chi connectivity index (χ2n) is 20.9. The van der Waals surface area contributed by atoms with Crippen molar-refractivity contribution in [1.82, 2.24) is 14.5 Å². The van der Waals surface area contributed by atoms with Crippen LogP contribution in [0.5, 0.6) is 0 Å². The predicted octanol–water partition coefficient (Wildman–Crippen LogP) is 9.95. The van der Waals surface area contributed by atoms with Gasteiger partial charge in [-0.1, -0.05) is 84.0 Å². The fourth-order valence-corrected chi connectivity index (χ4v) is 16.5. The third kappa shape index (κ3) is 6.52. The van der Waals surface area contributed by atoms with Crippen molar-refractivity contribution in [3.8, 4) is 0 Å². The molecule has 9 atom stereocenters. The Kier molecular flexibility index (Phi) is 10.8. The summed E-state index contributed by atoms with van der Waals surface area (Å²) < 4.78 is 28.6. The first-order valence-corrected chi connectivity index (χ1v) is 24.1. The van der Waals surface area contributed by atoms with E-state index in [1.165, 1.54) is 68.1 Å². The van der Waals surface area contributed by atoms with Gasteiger partial charge in [0.25, 0.3) is 0 Å². The topological polar surface area (TPSA) is 90.0 Å². The maximum absolute atomic E-state index is 13.5. The molecule has 6 aliphatic rings. The molecule has 2 N–H and O–H groups in total. The molecule has 2 aromatic carbocycles. The monoisotopic (exact) mass is 810 g/mol. The van der Waals surface area contributed by atoms with Crippen molar-refractivity contribution in [2.75, 3.05) is 39.3 Å². The average Bonchev–Trinajstić information content (AvgIpc) is 3.58. The smallest absolute Gasteiger partial charge is 0.335 e. The van der Waals surface area contributed by atoms with Crippen molar-refractivity contribution in [2.45, 2.75) is 123 Å². The fourth-order valence-electron chi connectivity index (χ4n) is 15.0. The number of carbonyl (C=O) groups is 1. The van der Waals surface area contributed by atoms with E-state index in [2.05, 4.69) is 71.3 Å². The molecule has 1 heterocycles. The highest BCUT2D eigenvalue weighted by Crippen LogP contribution is 2.76. The molecule has 2 aromatic rings. The fraction of sp³-hybridized carbons (Fsp3) is 0.660. The van der Waals surface area contributed by atoms with Gasteiger partial charge in [0.15, 0.2) is 0 Å². The zero-order valence-corrected chi connectivity index (χ0v) is 37.4. The molecule has 0 amide bonds. The lowest BCUT2D eigenvalue weighted by atomic mass is 9.33. The van der Waals surface area contributed by atoms with Crippen molar-refractivity contribution in [1.29, 1.82) is 0 Å². The molecule has 0 radical (unpaired) electrons. The van der Waals surface area contributed by atoms with E-state index in [4.69, 9.17) is 0 Å². The minimum absolute atomic E-state index is 0.000564. The van der Waals surface area contributed by atoms with Gasteiger partial charge in [0.1, 0.15) is 0 Å². The number of carboxylic acids is 1. The van der Waals surface area contributed by atoms with Crippen LogP contribution in [0.2, 0.25) is 0 Å². The highest BCUT2D eigenvalue weighted by molar-refractivity contribution is 7.89. The number of nitrogens with zero attached hydrogens (tertiary/aromatic N) is 2. The van der Waals surface area contributed by atoms with Crippen LogP contribution in [0.1, 0.15) is 128 Å². The number of sulfonamides is 1. The Hall–Kier alpha value is -2.78. The van der Waals surface area contributed by atoms with Crippen LogP contribution in [-0.2, 0) is 16.4 Å². The van der Waals surface area contributed by atoms with Crippen LogP contribution in [0.3, 0.4) is 0 Å². The van der Waals surface area contributed by atoms with E-state index in [0.29, 0.717) is 53.1 Å². The molecule has 0 spiro atoms. The van der Waals surface area contributed by atoms with Crippen LogP contribution in [0, 0.1) is 51.2 Å². The Labute approximate surface area is 350 Å². The average molecular weight is 810 g/mol. The molecule has 1 saturated heterocycles. The molecular formula is C50H71N3O4S. The Morgan fingerprint density at radius 2 is 1.53 bits per heavy atom. The van der Waals surface area contributed by atoms with Crippen LogP contribution in [0.4, 0.5) is 0 Å². The minimum atomic E-state index is -3.48. The summed E-state index contributed by atoms with van der Waals surface area (Å²) in [7, 11) is -3.48. The van der Waals surface area contributed by atoms with Gasteiger partial charge in [-0.2, -0.15) is 4.31 Å². The third-order valence-electron chi connectivity index (χ3n) is 18.3. The first-order chi connectivity index (χ1) is 27.4. The predicted molar refractivity (Wildman–Crippen MR) is 235 cm³/mol. The van der Waals surface area contributed by atoms with Crippen molar-refractivity contribution in [3.63, 3.8) is 0 Å². The summed E-state index contributed by atoms with van der Waals surface area (Å²) in [5.74, 6) is 2.17. The van der Waals surface area contributed by atoms with Gasteiger partial charge in [-0.15, -0.1) is 0 Å². The lowest BCUT2D eigenvalue weighted by Crippen LogP contribution is -2.68. The minimum Gasteiger partial charge on any atom is -0.478 e. The number of fused-ring (bicyclic) bond motifs is 7. The van der Waals surface area contributed by atoms with Gasteiger partial charge in [0.2, 0.25) is 10.0 Å². The zero-order valence-electron chi connectivity index (χ0n) is 36.6. The number of benzene rings is 2. The zero-order chi connectivity index (χ0) is 41.5. The molecular weight excluding hydrogens is 739 g/mol. The molecule has 316 valence electrons. The number of nitrogens with one attached hydrogen (secondary N) is 1. The van der Waals surface area contributed by atoms with Crippen molar-refractivity contribution in [3.05, 3.63) is 83.4 Å². The molecule has 8 rings (SSSR count). The standard InChI is InChI=1S/C50H71N3O4S/c1-9-35-10-16-38(17-11-35)58(56,57)53-32-30-52(31-33-53)29-28-51-50-25-20-39(34(2)3)44(50)41-18-19-43-47(6)23-21-40(36-12-14-37(15-13-36)45(54)55)46(4,5)42(47)22-24-49(43,8)48(41,7)26-27-50/h10-17,21,39,41-44,51H,2,9,18-20,22-33H2,1,3-8H3,(H,54,55)/t39-,41+,42-,43+,44+,47-,48+,49+,50-/m0/s1. The van der Waals surface area contributed by atoms with Crippen molar-refractivity contribution >= 4 is 21.6 Å². The summed E-state index contributed by atoms with van der Waals surface area (Å²) in [6.07, 6.45) is 14.6. The Balaban J connectivity index is 0.969. The quantitative estimate of drug-likeness (QED) is 0.233. The highest BCUT2D eigenvalue weighted by atomic mass is 32.2. The lowest BCUT2D eigenvalue weighted by molar-refractivity contribution is -0.219. The van der Waals surface area contributed by atoms with E-state index in [0.717, 1.165) is 44.6 Å². The maximum Gasteiger partial charge on any atom is 0.335 e. The van der Waals surface area contributed by atoms with Gasteiger partial charge in [-0.25, -0.2) is 13.2 Å². The lowest BCUT2D eigenvalue weighted by Gasteiger charge is -2.72. The first kappa shape index (κ1) is 41.9. The number of carboxylic acid groups (broad SMARTS) is 1. The number of rotatable bonds is 10. The molecule has 0 unspecified atom stereocenters. The Bertz CT molecular complexity index is 2030. The van der Waals surface area contributed by atoms with Crippen LogP contribution < -0.4 is 5.32 Å².